The fourth-order valence-electron chi connectivity index (χ4n) is 10.6. The Bertz CT molecular complexity index is 3760. The van der Waals surface area contributed by atoms with Crippen LogP contribution in [0.2, 0.25) is 0 Å². The number of aliphatic hydroxyl groups is 2. The van der Waals surface area contributed by atoms with Crippen molar-refractivity contribution in [2.75, 3.05) is 19.6 Å². The number of anilines is 8. The van der Waals surface area contributed by atoms with E-state index >= 15 is 0 Å². The van der Waals surface area contributed by atoms with E-state index in [1.165, 1.54) is 40.4 Å². The van der Waals surface area contributed by atoms with Crippen LogP contribution < -0.4 is 42.5 Å². The lowest BCUT2D eigenvalue weighted by Crippen LogP contribution is -2.32. The van der Waals surface area contributed by atoms with Gasteiger partial charge in [-0.15, -0.1) is 0 Å². The highest BCUT2D eigenvalue weighted by molar-refractivity contribution is 6.12. The summed E-state index contributed by atoms with van der Waals surface area (Å²) >= 11 is 0. The van der Waals surface area contributed by atoms with E-state index in [9.17, 15) is 48.6 Å². The first-order chi connectivity index (χ1) is 41.2. The summed E-state index contributed by atoms with van der Waals surface area (Å²) < 4.78 is 9.44. The molecule has 0 saturated carbocycles. The second-order valence-corrected chi connectivity index (χ2v) is 19.8. The molecule has 8 aromatic rings. The number of para-hydroxylation sites is 8. The van der Waals surface area contributed by atoms with E-state index in [1.54, 1.807) is 48.5 Å². The molecule has 8 aromatic carbocycles. The third-order valence-corrected chi connectivity index (χ3v) is 14.0. The number of nitrogens with two attached hydrogens (primary N) is 4. The Hall–Kier alpha value is -11.0. The van der Waals surface area contributed by atoms with Gasteiger partial charge in [-0.25, -0.2) is 19.2 Å². The molecule has 0 bridgehead atoms. The van der Waals surface area contributed by atoms with Gasteiger partial charge in [0, 0.05) is 68.7 Å². The Kier molecular flexibility index (Phi) is 19.5. The standard InChI is InChI=1S/C17H16N2O3.2C15H14N2O2.C15H12N2O2.C4H6O3/c1-11(20)22-16-10-12-6-2-4-8-14(12)19(17(18)21)15-9-5-3-7-13(15)16;3*16-15(19)17-12-7-3-1-5-10(12)9-14(18)11-6-2-4-8-13(11)17;1-3(5)7-4(2)6/h2-9,16H,10H2,1H3,(H2,18,21);2*1-8,14,18H,9H2,(H2,16,19);1-8H,9H2,(H2,16,19);1-2H3/t16-;2*14-;;/m000../s1. The normalized spacial score (nSPS) is 15.4. The maximum Gasteiger partial charge on any atom is 0.323 e. The van der Waals surface area contributed by atoms with Gasteiger partial charge < -0.3 is 42.6 Å². The summed E-state index contributed by atoms with van der Waals surface area (Å²) in [6.45, 7) is 3.74. The molecule has 12 rings (SSSR count). The van der Waals surface area contributed by atoms with Gasteiger partial charge in [0.1, 0.15) is 6.10 Å². The SMILES string of the molecule is CC(=O)OC(C)=O.CC(=O)O[C@H]1Cc2ccccc2N(C(N)=O)c2ccccc21.NC(=O)N1c2ccccc2CC(=O)c2ccccc21.NC(=O)N1c2ccccc2C[C@H](O)c2ccccc21.NC(=O)N1c2ccccc2C[C@H](O)c2ccccc21. The number of hydrogen-bond donors (Lipinski definition) is 6. The number of carbonyl (C=O) groups excluding carboxylic acids is 8. The van der Waals surface area contributed by atoms with Gasteiger partial charge in [-0.1, -0.05) is 140 Å². The quantitative estimate of drug-likeness (QED) is 0.0660. The zero-order valence-electron chi connectivity index (χ0n) is 47.1. The van der Waals surface area contributed by atoms with Crippen molar-refractivity contribution in [1.82, 2.24) is 0 Å². The second-order valence-electron chi connectivity index (χ2n) is 19.8. The van der Waals surface area contributed by atoms with Gasteiger partial charge >= 0.3 is 42.0 Å². The van der Waals surface area contributed by atoms with Gasteiger partial charge in [0.05, 0.1) is 57.7 Å². The number of ketones is 1. The number of Topliss-reactive ketones (excluding diaryl/α,β-unsaturated/α-hetero) is 1. The summed E-state index contributed by atoms with van der Waals surface area (Å²) in [4.78, 5) is 96.5. The van der Waals surface area contributed by atoms with E-state index in [2.05, 4.69) is 4.74 Å². The minimum Gasteiger partial charge on any atom is -0.457 e. The van der Waals surface area contributed by atoms with Crippen LogP contribution in [0.25, 0.3) is 0 Å². The van der Waals surface area contributed by atoms with E-state index in [0.29, 0.717) is 53.3 Å². The first-order valence-electron chi connectivity index (χ1n) is 27.1. The average Bonchev–Trinajstić information content (AvgIpc) is 1.88. The Morgan fingerprint density at radius 2 is 0.663 bits per heavy atom. The van der Waals surface area contributed by atoms with Crippen LogP contribution in [0.4, 0.5) is 64.7 Å². The topological polar surface area (TPSA) is 313 Å². The fourth-order valence-corrected chi connectivity index (χ4v) is 10.6. The predicted octanol–water partition coefficient (Wildman–Crippen LogP) is 10.8. The van der Waals surface area contributed by atoms with Crippen molar-refractivity contribution in [2.24, 2.45) is 22.9 Å². The second kappa shape index (κ2) is 27.4. The maximum atomic E-state index is 12.3. The highest BCUT2D eigenvalue weighted by atomic mass is 16.6. The van der Waals surface area contributed by atoms with Crippen LogP contribution in [0.3, 0.4) is 0 Å². The van der Waals surface area contributed by atoms with E-state index in [1.807, 2.05) is 146 Å². The summed E-state index contributed by atoms with van der Waals surface area (Å²) in [6.07, 6.45) is -0.0100. The first kappa shape index (κ1) is 61.1. The zero-order chi connectivity index (χ0) is 61.8. The first-order valence-corrected chi connectivity index (χ1v) is 27.1. The molecule has 4 aliphatic rings. The van der Waals surface area contributed by atoms with Crippen LogP contribution in [0.15, 0.2) is 194 Å². The van der Waals surface area contributed by atoms with Gasteiger partial charge in [0.15, 0.2) is 5.78 Å². The number of fused-ring (bicyclic) bond motifs is 8. The lowest BCUT2D eigenvalue weighted by molar-refractivity contribution is -0.156. The molecule has 0 unspecified atom stereocenters. The van der Waals surface area contributed by atoms with Gasteiger partial charge in [0.2, 0.25) is 0 Å². The molecule has 86 heavy (non-hydrogen) atoms. The van der Waals surface area contributed by atoms with Crippen molar-refractivity contribution in [3.05, 3.63) is 239 Å². The summed E-state index contributed by atoms with van der Waals surface area (Å²) in [6, 6.07) is 56.5. The monoisotopic (exact) mass is 1160 g/mol. The molecule has 0 aliphatic carbocycles. The largest absolute Gasteiger partial charge is 0.457 e. The molecule has 0 fully saturated rings. The third kappa shape index (κ3) is 13.9. The number of benzene rings is 8. The zero-order valence-corrected chi connectivity index (χ0v) is 47.1. The molecule has 0 radical (unpaired) electrons. The van der Waals surface area contributed by atoms with Crippen LogP contribution in [0.1, 0.15) is 88.4 Å². The summed E-state index contributed by atoms with van der Waals surface area (Å²) in [5, 5.41) is 20.6. The third-order valence-electron chi connectivity index (χ3n) is 14.0. The number of ether oxygens (including phenoxy) is 2. The molecule has 0 saturated heterocycles. The van der Waals surface area contributed by atoms with Crippen LogP contribution in [-0.2, 0) is 49.5 Å². The van der Waals surface area contributed by atoms with Crippen LogP contribution in [0.5, 0.6) is 0 Å². The molecule has 438 valence electrons. The van der Waals surface area contributed by atoms with E-state index in [-0.39, 0.29) is 18.2 Å². The summed E-state index contributed by atoms with van der Waals surface area (Å²) in [5.74, 6) is -1.49. The number of aliphatic hydroxyl groups excluding tert-OH is 2. The molecule has 8 amide bonds. The fraction of sp³-hybridized carbons (Fsp3) is 0.152. The Morgan fingerprint density at radius 1 is 0.372 bits per heavy atom. The van der Waals surface area contributed by atoms with Gasteiger partial charge in [-0.3, -0.25) is 38.8 Å². The average molecular weight is 1160 g/mol. The molecule has 3 atom stereocenters. The van der Waals surface area contributed by atoms with Gasteiger partial charge in [-0.05, 0) is 76.9 Å². The van der Waals surface area contributed by atoms with Crippen LogP contribution in [0, 0.1) is 0 Å². The van der Waals surface area contributed by atoms with Crippen LogP contribution >= 0.6 is 0 Å². The number of nitrogens with zero attached hydrogens (tertiary/aromatic N) is 4. The highest BCUT2D eigenvalue weighted by Crippen LogP contribution is 2.44. The molecular formula is C66H62N8O12. The molecule has 20 nitrogen and oxygen atoms in total. The highest BCUT2D eigenvalue weighted by Gasteiger charge is 2.33. The van der Waals surface area contributed by atoms with Crippen molar-refractivity contribution in [2.45, 2.75) is 64.8 Å². The molecule has 0 spiro atoms. The molecule has 20 heteroatoms. The summed E-state index contributed by atoms with van der Waals surface area (Å²) in [7, 11) is 0. The van der Waals surface area contributed by atoms with Crippen molar-refractivity contribution < 1.29 is 58.0 Å². The van der Waals surface area contributed by atoms with Gasteiger partial charge in [-0.2, -0.15) is 0 Å². The number of urea groups is 4. The Balaban J connectivity index is 0.000000144. The van der Waals surface area contributed by atoms with Crippen molar-refractivity contribution in [3.63, 3.8) is 0 Å². The number of esters is 3. The Labute approximate surface area is 495 Å². The van der Waals surface area contributed by atoms with Crippen molar-refractivity contribution in [1.29, 1.82) is 0 Å². The van der Waals surface area contributed by atoms with E-state index < -0.39 is 54.4 Å². The number of hydrogen-bond acceptors (Lipinski definition) is 12. The number of carbonyl (C=O) groups is 8. The summed E-state index contributed by atoms with van der Waals surface area (Å²) in [5.41, 5.74) is 33.7. The van der Waals surface area contributed by atoms with Crippen molar-refractivity contribution >= 4 is 93.3 Å². The molecule has 4 heterocycles. The number of primary amides is 4. The number of amides is 8. The molecule has 4 aliphatic heterocycles. The maximum absolute atomic E-state index is 12.3. The van der Waals surface area contributed by atoms with Crippen LogP contribution in [-0.4, -0.2) is 58.0 Å². The van der Waals surface area contributed by atoms with E-state index in [4.69, 9.17) is 27.7 Å². The minimum atomic E-state index is -0.637. The molecule has 10 N–H and O–H groups in total. The lowest BCUT2D eigenvalue weighted by atomic mass is 10.0. The van der Waals surface area contributed by atoms with E-state index in [0.717, 1.165) is 56.0 Å². The predicted molar refractivity (Wildman–Crippen MR) is 324 cm³/mol. The smallest absolute Gasteiger partial charge is 0.323 e. The lowest BCUT2D eigenvalue weighted by Gasteiger charge is -2.23. The van der Waals surface area contributed by atoms with Gasteiger partial charge in [0.25, 0.3) is 0 Å². The molecular weight excluding hydrogens is 1100 g/mol. The minimum absolute atomic E-state index is 0.00759. The van der Waals surface area contributed by atoms with Crippen molar-refractivity contribution in [3.8, 4) is 0 Å². The number of rotatable bonds is 1. The molecule has 0 aromatic heterocycles. The Morgan fingerprint density at radius 3 is 1.03 bits per heavy atom.